The van der Waals surface area contributed by atoms with E-state index in [2.05, 4.69) is 174 Å². The molecule has 0 saturated heterocycles. The number of hydrogen-bond acceptors (Lipinski definition) is 5. The standard InChI is InChI=1S/C51H34N2O3/c1-54-51-49-45(43-28-33-22-24-41(26-35(33)30-47(43)55-49)52(37-14-6-2-7-15-37)38-16-8-3-9-17-38)32-46-44-29-34-23-25-42(27-36(34)31-48(44)56-50(46)51)53(39-18-10-4-11-19-39)40-20-12-5-13-21-40/h2-32H,1H3. The maximum absolute atomic E-state index is 6.66. The van der Waals surface area contributed by atoms with Crippen molar-refractivity contribution in [2.24, 2.45) is 0 Å². The number of methoxy groups -OCH3 is 1. The van der Waals surface area contributed by atoms with Crippen molar-refractivity contribution in [3.63, 3.8) is 0 Å². The Kier molecular flexibility index (Phi) is 7.32. The second-order valence-corrected chi connectivity index (χ2v) is 14.1. The zero-order chi connectivity index (χ0) is 37.2. The largest absolute Gasteiger partial charge is 0.490 e. The molecule has 0 bridgehead atoms. The Morgan fingerprint density at radius 1 is 0.339 bits per heavy atom. The van der Waals surface area contributed by atoms with Crippen LogP contribution >= 0.6 is 0 Å². The first-order valence-corrected chi connectivity index (χ1v) is 18.8. The van der Waals surface area contributed by atoms with E-state index >= 15 is 0 Å². The highest BCUT2D eigenvalue weighted by atomic mass is 16.5. The summed E-state index contributed by atoms with van der Waals surface area (Å²) < 4.78 is 19.4. The van der Waals surface area contributed by atoms with E-state index in [1.807, 2.05) is 24.3 Å². The van der Waals surface area contributed by atoms with Gasteiger partial charge >= 0.3 is 0 Å². The highest BCUT2D eigenvalue weighted by Crippen LogP contribution is 2.46. The van der Waals surface area contributed by atoms with Gasteiger partial charge in [-0.1, -0.05) is 84.9 Å². The van der Waals surface area contributed by atoms with Crippen LogP contribution in [0.3, 0.4) is 0 Å². The number of anilines is 6. The van der Waals surface area contributed by atoms with E-state index in [1.165, 1.54) is 0 Å². The predicted molar refractivity (Wildman–Crippen MR) is 232 cm³/mol. The van der Waals surface area contributed by atoms with Crippen molar-refractivity contribution < 1.29 is 13.6 Å². The molecule has 0 N–H and O–H groups in total. The fourth-order valence-corrected chi connectivity index (χ4v) is 8.23. The number of benzene rings is 9. The molecule has 0 amide bonds. The van der Waals surface area contributed by atoms with Crippen molar-refractivity contribution >= 4 is 99.5 Å². The maximum atomic E-state index is 6.66. The van der Waals surface area contributed by atoms with Gasteiger partial charge in [-0.2, -0.15) is 0 Å². The summed E-state index contributed by atoms with van der Waals surface area (Å²) in [5.74, 6) is 0.595. The monoisotopic (exact) mass is 722 g/mol. The molecule has 5 heteroatoms. The lowest BCUT2D eigenvalue weighted by molar-refractivity contribution is 0.409. The van der Waals surface area contributed by atoms with E-state index in [0.717, 1.165) is 88.4 Å². The van der Waals surface area contributed by atoms with Gasteiger partial charge in [0, 0.05) is 55.7 Å². The van der Waals surface area contributed by atoms with Gasteiger partial charge in [-0.05, 0) is 125 Å². The molecule has 2 aromatic heterocycles. The van der Waals surface area contributed by atoms with Crippen molar-refractivity contribution in [2.45, 2.75) is 0 Å². The molecule has 11 aromatic rings. The van der Waals surface area contributed by atoms with Crippen molar-refractivity contribution in [2.75, 3.05) is 16.9 Å². The summed E-state index contributed by atoms with van der Waals surface area (Å²) in [6.07, 6.45) is 0. The lowest BCUT2D eigenvalue weighted by Gasteiger charge is -2.25. The quantitative estimate of drug-likeness (QED) is 0.164. The zero-order valence-electron chi connectivity index (χ0n) is 30.5. The van der Waals surface area contributed by atoms with Crippen LogP contribution < -0.4 is 14.5 Å². The van der Waals surface area contributed by atoms with E-state index in [4.69, 9.17) is 13.6 Å². The van der Waals surface area contributed by atoms with Crippen LogP contribution in [-0.2, 0) is 0 Å². The molecule has 0 aliphatic heterocycles. The Morgan fingerprint density at radius 3 is 1.07 bits per heavy atom. The van der Waals surface area contributed by atoms with E-state index in [-0.39, 0.29) is 0 Å². The second-order valence-electron chi connectivity index (χ2n) is 14.1. The molecule has 0 spiro atoms. The molecule has 2 heterocycles. The molecule has 5 nitrogen and oxygen atoms in total. The third-order valence-corrected chi connectivity index (χ3v) is 10.8. The van der Waals surface area contributed by atoms with Crippen LogP contribution in [0.4, 0.5) is 34.1 Å². The highest BCUT2D eigenvalue weighted by Gasteiger charge is 2.22. The van der Waals surface area contributed by atoms with Gasteiger partial charge in [0.2, 0.25) is 5.75 Å². The number of rotatable bonds is 7. The summed E-state index contributed by atoms with van der Waals surface area (Å²) in [6, 6.07) is 66.0. The third-order valence-electron chi connectivity index (χ3n) is 10.8. The predicted octanol–water partition coefficient (Wildman–Crippen LogP) is 14.7. The van der Waals surface area contributed by atoms with E-state index in [1.54, 1.807) is 7.11 Å². The first-order chi connectivity index (χ1) is 27.7. The number of furan rings is 2. The molecule has 56 heavy (non-hydrogen) atoms. The molecule has 0 fully saturated rings. The topological polar surface area (TPSA) is 42.0 Å². The van der Waals surface area contributed by atoms with Gasteiger partial charge in [0.25, 0.3) is 0 Å². The average molecular weight is 723 g/mol. The van der Waals surface area contributed by atoms with Crippen LogP contribution in [0.5, 0.6) is 5.75 Å². The summed E-state index contributed by atoms with van der Waals surface area (Å²) in [4.78, 5) is 4.55. The smallest absolute Gasteiger partial charge is 0.205 e. The van der Waals surface area contributed by atoms with Crippen LogP contribution in [0.25, 0.3) is 65.4 Å². The fourth-order valence-electron chi connectivity index (χ4n) is 8.23. The van der Waals surface area contributed by atoms with Crippen LogP contribution in [0.15, 0.2) is 197 Å². The SMILES string of the molecule is COc1c2oc3cc4cc(N(c5ccccc5)c5ccccc5)ccc4cc3c2cc2c1oc1cc3cc(N(c4ccccc4)c4ccccc4)ccc3cc12. The fraction of sp³-hybridized carbons (Fsp3) is 0.0196. The maximum Gasteiger partial charge on any atom is 0.205 e. The summed E-state index contributed by atoms with van der Waals surface area (Å²) in [7, 11) is 1.68. The number of hydrogen-bond donors (Lipinski definition) is 0. The Hall–Kier alpha value is -7.50. The van der Waals surface area contributed by atoms with Crippen molar-refractivity contribution in [3.8, 4) is 5.75 Å². The second kappa shape index (κ2) is 12.8. The van der Waals surface area contributed by atoms with Gasteiger partial charge in [-0.25, -0.2) is 0 Å². The summed E-state index contributed by atoms with van der Waals surface area (Å²) in [5, 5.41) is 8.47. The number of para-hydroxylation sites is 4. The molecule has 0 unspecified atom stereocenters. The molecule has 0 aliphatic carbocycles. The van der Waals surface area contributed by atoms with E-state index in [9.17, 15) is 0 Å². The first-order valence-electron chi connectivity index (χ1n) is 18.8. The first kappa shape index (κ1) is 32.0. The molecular weight excluding hydrogens is 689 g/mol. The highest BCUT2D eigenvalue weighted by molar-refractivity contribution is 6.21. The van der Waals surface area contributed by atoms with Crippen LogP contribution in [0.2, 0.25) is 0 Å². The van der Waals surface area contributed by atoms with Crippen LogP contribution in [0.1, 0.15) is 0 Å². The minimum absolute atomic E-state index is 0.595. The number of fused-ring (bicyclic) bond motifs is 8. The minimum atomic E-state index is 0.595. The van der Waals surface area contributed by atoms with Gasteiger partial charge in [0.1, 0.15) is 11.2 Å². The van der Waals surface area contributed by atoms with E-state index < -0.39 is 0 Å². The van der Waals surface area contributed by atoms with Gasteiger partial charge in [-0.15, -0.1) is 0 Å². The molecule has 0 radical (unpaired) electrons. The van der Waals surface area contributed by atoms with Gasteiger partial charge in [-0.3, -0.25) is 0 Å². The van der Waals surface area contributed by atoms with Gasteiger partial charge in [0.15, 0.2) is 11.2 Å². The molecule has 0 aliphatic rings. The Morgan fingerprint density at radius 2 is 0.714 bits per heavy atom. The number of ether oxygens (including phenoxy) is 1. The summed E-state index contributed by atoms with van der Waals surface area (Å²) in [5.41, 5.74) is 9.46. The van der Waals surface area contributed by atoms with Crippen molar-refractivity contribution in [1.82, 2.24) is 0 Å². The van der Waals surface area contributed by atoms with Crippen LogP contribution in [-0.4, -0.2) is 7.11 Å². The Balaban J connectivity index is 1.05. The summed E-state index contributed by atoms with van der Waals surface area (Å²) in [6.45, 7) is 0. The van der Waals surface area contributed by atoms with Crippen molar-refractivity contribution in [3.05, 3.63) is 188 Å². The Bertz CT molecular complexity index is 2930. The molecule has 0 saturated carbocycles. The van der Waals surface area contributed by atoms with Crippen molar-refractivity contribution in [1.29, 1.82) is 0 Å². The molecule has 11 rings (SSSR count). The van der Waals surface area contributed by atoms with E-state index in [0.29, 0.717) is 16.9 Å². The molecule has 266 valence electrons. The minimum Gasteiger partial charge on any atom is -0.490 e. The van der Waals surface area contributed by atoms with Gasteiger partial charge in [0.05, 0.1) is 7.11 Å². The molecule has 9 aromatic carbocycles. The Labute approximate surface area is 322 Å². The molecule has 0 atom stereocenters. The molecular formula is C51H34N2O3. The normalized spacial score (nSPS) is 11.7. The lowest BCUT2D eigenvalue weighted by Crippen LogP contribution is -2.09. The summed E-state index contributed by atoms with van der Waals surface area (Å²) >= 11 is 0. The average Bonchev–Trinajstić information content (AvgIpc) is 3.79. The van der Waals surface area contributed by atoms with Gasteiger partial charge < -0.3 is 23.4 Å². The number of nitrogens with zero attached hydrogens (tertiary/aromatic N) is 2. The third kappa shape index (κ3) is 5.17. The van der Waals surface area contributed by atoms with Crippen LogP contribution in [0, 0.1) is 0 Å². The lowest BCUT2D eigenvalue weighted by atomic mass is 10.0. The zero-order valence-corrected chi connectivity index (χ0v) is 30.5.